The maximum atomic E-state index is 14.6. The molecule has 0 unspecified atom stereocenters. The topological polar surface area (TPSA) is 171 Å². The fraction of sp³-hybridized carbons (Fsp3) is 0.605. The van der Waals surface area contributed by atoms with Gasteiger partial charge in [0.1, 0.15) is 23.7 Å². The summed E-state index contributed by atoms with van der Waals surface area (Å²) < 4.78 is 33.6. The number of hydrogen-bond donors (Lipinski definition) is 3. The quantitative estimate of drug-likeness (QED) is 0.358. The molecule has 0 spiro atoms. The molecule has 3 N–H and O–H groups in total. The van der Waals surface area contributed by atoms with Gasteiger partial charge in [0, 0.05) is 25.3 Å². The Bertz CT molecular complexity index is 1770. The Hall–Kier alpha value is -4.20. The van der Waals surface area contributed by atoms with Crippen LogP contribution in [0.25, 0.3) is 6.08 Å². The molecule has 1 aromatic carbocycles. The number of ether oxygens (including phenoxy) is 1. The van der Waals surface area contributed by atoms with Gasteiger partial charge >= 0.3 is 6.09 Å². The minimum absolute atomic E-state index is 0.0275. The molecule has 3 saturated carbocycles. The first-order valence-corrected chi connectivity index (χ1v) is 20.4. The molecule has 1 saturated heterocycles. The van der Waals surface area contributed by atoms with Crippen LogP contribution in [0.15, 0.2) is 36.9 Å². The normalized spacial score (nSPS) is 30.7. The molecule has 13 nitrogen and oxygen atoms in total. The predicted octanol–water partition coefficient (Wildman–Crippen LogP) is 3.43. The Kier molecular flexibility index (Phi) is 10.2. The highest BCUT2D eigenvalue weighted by atomic mass is 32.2. The van der Waals surface area contributed by atoms with Gasteiger partial charge in [-0.15, -0.1) is 6.58 Å². The van der Waals surface area contributed by atoms with Gasteiger partial charge in [0.25, 0.3) is 5.91 Å². The van der Waals surface area contributed by atoms with Crippen molar-refractivity contribution in [2.45, 2.75) is 126 Å². The Labute approximate surface area is 305 Å². The lowest BCUT2D eigenvalue weighted by molar-refractivity contribution is -0.143. The molecule has 4 bridgehead atoms. The second kappa shape index (κ2) is 14.7. The van der Waals surface area contributed by atoms with Gasteiger partial charge in [-0.2, -0.15) is 0 Å². The molecule has 14 heteroatoms. The van der Waals surface area contributed by atoms with E-state index in [2.05, 4.69) is 34.1 Å². The van der Waals surface area contributed by atoms with Crippen LogP contribution in [-0.2, 0) is 47.0 Å². The first kappa shape index (κ1) is 36.2. The van der Waals surface area contributed by atoms with E-state index in [1.54, 1.807) is 4.90 Å². The van der Waals surface area contributed by atoms with E-state index < -0.39 is 68.7 Å². The fourth-order valence-electron chi connectivity index (χ4n) is 8.38. The van der Waals surface area contributed by atoms with Crippen molar-refractivity contribution in [3.63, 3.8) is 0 Å². The fourth-order valence-corrected chi connectivity index (χ4v) is 9.74. The summed E-state index contributed by atoms with van der Waals surface area (Å²) in [5.74, 6) is -2.78. The summed E-state index contributed by atoms with van der Waals surface area (Å²) >= 11 is 0. The van der Waals surface area contributed by atoms with Gasteiger partial charge in [-0.3, -0.25) is 28.8 Å². The van der Waals surface area contributed by atoms with Crippen molar-refractivity contribution in [2.24, 2.45) is 11.8 Å². The number of sulfonamides is 1. The van der Waals surface area contributed by atoms with Crippen LogP contribution in [0.2, 0.25) is 0 Å². The Balaban J connectivity index is 1.16. The lowest BCUT2D eigenvalue weighted by atomic mass is 9.83. The van der Waals surface area contributed by atoms with Crippen molar-refractivity contribution in [3.8, 4) is 0 Å². The second-order valence-electron chi connectivity index (χ2n) is 15.4. The number of rotatable bonds is 7. The largest absolute Gasteiger partial charge is 0.444 e. The number of carbonyl (C=O) groups is 5. The molecular formula is C38H49N5O8S. The average molecular weight is 736 g/mol. The number of nitrogens with one attached hydrogen (secondary N) is 3. The molecule has 3 heterocycles. The number of allylic oxidation sites excluding steroid dienone is 1. The van der Waals surface area contributed by atoms with Crippen molar-refractivity contribution >= 4 is 45.8 Å². The highest BCUT2D eigenvalue weighted by Gasteiger charge is 2.62. The molecular weight excluding hydrogens is 687 g/mol. The number of nitrogens with zero attached hydrogens (tertiary/aromatic N) is 2. The van der Waals surface area contributed by atoms with Crippen LogP contribution in [0.4, 0.5) is 4.79 Å². The van der Waals surface area contributed by atoms with Gasteiger partial charge in [-0.25, -0.2) is 13.2 Å². The van der Waals surface area contributed by atoms with Gasteiger partial charge in [-0.1, -0.05) is 55.7 Å². The summed E-state index contributed by atoms with van der Waals surface area (Å²) in [4.78, 5) is 72.3. The molecule has 280 valence electrons. The van der Waals surface area contributed by atoms with E-state index >= 15 is 0 Å². The lowest BCUT2D eigenvalue weighted by Crippen LogP contribution is -2.59. The van der Waals surface area contributed by atoms with Gasteiger partial charge in [0.2, 0.25) is 27.7 Å². The van der Waals surface area contributed by atoms with Gasteiger partial charge in [-0.05, 0) is 74.0 Å². The summed E-state index contributed by atoms with van der Waals surface area (Å²) in [6.45, 7) is 4.44. The van der Waals surface area contributed by atoms with E-state index in [1.807, 2.05) is 18.2 Å². The molecule has 0 aromatic heterocycles. The van der Waals surface area contributed by atoms with Crippen molar-refractivity contribution < 1.29 is 37.1 Å². The molecule has 3 aliphatic carbocycles. The van der Waals surface area contributed by atoms with Crippen molar-refractivity contribution in [1.82, 2.24) is 25.2 Å². The zero-order valence-electron chi connectivity index (χ0n) is 29.5. The standard InChI is InChI=1S/C38H49N5O8S/c1-2-27-20-38(27,36(47)41-52(49,50)29-17-18-29)40-34(45)31-19-28-22-43(31)35(46)33(25-12-7-5-8-13-25)39-32(44)16-9-4-3-6-11-24-14-10-15-26-21-42(23-30(24)26)37(48)51-28/h2,6,10-11,14-15,25,27-29,31,33H,1,3-5,7-9,12-13,16-23H2,(H,39,44)(H,40,45)(H,41,47)/b11-6+/t27-,28+,31-,33-,38+/m0/s1. The number of carbonyl (C=O) groups excluding carboxylic acids is 5. The van der Waals surface area contributed by atoms with Crippen LogP contribution in [-0.4, -0.2) is 83.5 Å². The molecule has 5 atom stereocenters. The van der Waals surface area contributed by atoms with E-state index in [0.717, 1.165) is 61.6 Å². The van der Waals surface area contributed by atoms with Crippen LogP contribution in [0.3, 0.4) is 0 Å². The minimum atomic E-state index is -3.89. The molecule has 5 amide bonds. The van der Waals surface area contributed by atoms with Crippen molar-refractivity contribution in [3.05, 3.63) is 53.6 Å². The third-order valence-electron chi connectivity index (χ3n) is 11.7. The molecule has 7 rings (SSSR count). The Morgan fingerprint density at radius 3 is 2.54 bits per heavy atom. The Morgan fingerprint density at radius 2 is 1.81 bits per heavy atom. The number of fused-ring (bicyclic) bond motifs is 3. The van der Waals surface area contributed by atoms with Gasteiger partial charge < -0.3 is 20.3 Å². The zero-order chi connectivity index (χ0) is 36.6. The number of hydrogen-bond acceptors (Lipinski definition) is 8. The van der Waals surface area contributed by atoms with Crippen molar-refractivity contribution in [2.75, 3.05) is 6.54 Å². The maximum Gasteiger partial charge on any atom is 0.410 e. The second-order valence-corrected chi connectivity index (χ2v) is 17.3. The first-order chi connectivity index (χ1) is 25.0. The molecule has 52 heavy (non-hydrogen) atoms. The van der Waals surface area contributed by atoms with Crippen LogP contribution < -0.4 is 15.4 Å². The Morgan fingerprint density at radius 1 is 1.02 bits per heavy atom. The zero-order valence-corrected chi connectivity index (χ0v) is 30.3. The van der Waals surface area contributed by atoms with Gasteiger partial charge in [0.05, 0.1) is 18.3 Å². The van der Waals surface area contributed by atoms with Crippen LogP contribution in [0.1, 0.15) is 100 Å². The minimum Gasteiger partial charge on any atom is -0.444 e. The molecule has 6 aliphatic rings. The lowest BCUT2D eigenvalue weighted by Gasteiger charge is -2.35. The summed E-state index contributed by atoms with van der Waals surface area (Å²) in [5.41, 5.74) is 1.54. The van der Waals surface area contributed by atoms with Gasteiger partial charge in [0.15, 0.2) is 0 Å². The molecule has 0 radical (unpaired) electrons. The number of benzene rings is 1. The highest BCUT2D eigenvalue weighted by Crippen LogP contribution is 2.45. The molecule has 4 fully saturated rings. The van der Waals surface area contributed by atoms with Crippen LogP contribution in [0, 0.1) is 11.8 Å². The van der Waals surface area contributed by atoms with E-state index in [0.29, 0.717) is 32.4 Å². The third kappa shape index (κ3) is 7.49. The SMILES string of the molecule is C=C[C@H]1C[C@]1(NC(=O)[C@@H]1C[C@@H]2CN1C(=O)[C@H](C1CCCCC1)NC(=O)CCCC/C=C/c1cccc3c1CN(C3)C(=O)O2)C(=O)NS(=O)(=O)C1CC1. The highest BCUT2D eigenvalue weighted by molar-refractivity contribution is 7.91. The van der Waals surface area contributed by atoms with Crippen LogP contribution >= 0.6 is 0 Å². The first-order valence-electron chi connectivity index (χ1n) is 18.8. The van der Waals surface area contributed by atoms with E-state index in [1.165, 1.54) is 11.0 Å². The average Bonchev–Trinajstić information content (AvgIpc) is 4.02. The predicted molar refractivity (Wildman–Crippen MR) is 191 cm³/mol. The van der Waals surface area contributed by atoms with Crippen molar-refractivity contribution in [1.29, 1.82) is 0 Å². The van der Waals surface area contributed by atoms with E-state index in [4.69, 9.17) is 4.74 Å². The smallest absolute Gasteiger partial charge is 0.410 e. The molecule has 1 aromatic rings. The molecule has 3 aliphatic heterocycles. The van der Waals surface area contributed by atoms with Crippen LogP contribution in [0.5, 0.6) is 0 Å². The summed E-state index contributed by atoms with van der Waals surface area (Å²) in [6, 6.07) is 3.96. The third-order valence-corrected chi connectivity index (χ3v) is 13.5. The van der Waals surface area contributed by atoms with E-state index in [9.17, 15) is 32.4 Å². The summed E-state index contributed by atoms with van der Waals surface area (Å²) in [6.07, 6.45) is 12.2. The monoisotopic (exact) mass is 735 g/mol. The number of amides is 5. The summed E-state index contributed by atoms with van der Waals surface area (Å²) in [7, 11) is -3.89. The maximum absolute atomic E-state index is 14.6. The van der Waals surface area contributed by atoms with E-state index in [-0.39, 0.29) is 37.6 Å². The summed E-state index contributed by atoms with van der Waals surface area (Å²) in [5, 5.41) is 5.19.